The molecule has 2 aromatic rings. The summed E-state index contributed by atoms with van der Waals surface area (Å²) in [6.07, 6.45) is 2.87. The van der Waals surface area contributed by atoms with Crippen LogP contribution in [0.2, 0.25) is 0 Å². The summed E-state index contributed by atoms with van der Waals surface area (Å²) in [4.78, 5) is 30.1. The Morgan fingerprint density at radius 1 is 1.15 bits per heavy atom. The molecule has 2 rings (SSSR count). The van der Waals surface area contributed by atoms with Crippen LogP contribution in [-0.4, -0.2) is 27.0 Å². The average molecular weight is 272 g/mol. The number of carboxylic acid groups (broad SMARTS) is 1. The van der Waals surface area contributed by atoms with Crippen LogP contribution in [-0.2, 0) is 11.2 Å². The number of nitrogens with two attached hydrogens (primary N) is 1. The van der Waals surface area contributed by atoms with E-state index in [1.165, 1.54) is 24.5 Å². The van der Waals surface area contributed by atoms with Crippen molar-refractivity contribution in [2.24, 2.45) is 0 Å². The molecule has 0 atom stereocenters. The van der Waals surface area contributed by atoms with E-state index in [0.717, 1.165) is 0 Å². The molecule has 7 heteroatoms. The van der Waals surface area contributed by atoms with Gasteiger partial charge in [0.25, 0.3) is 0 Å². The summed E-state index contributed by atoms with van der Waals surface area (Å²) in [5.41, 5.74) is 6.97. The number of pyridine rings is 2. The van der Waals surface area contributed by atoms with Crippen molar-refractivity contribution in [3.8, 4) is 0 Å². The zero-order valence-electron chi connectivity index (χ0n) is 10.4. The van der Waals surface area contributed by atoms with Crippen molar-refractivity contribution in [2.45, 2.75) is 6.42 Å². The van der Waals surface area contributed by atoms with Crippen LogP contribution in [0.25, 0.3) is 0 Å². The number of hydrogen-bond donors (Lipinski definition) is 3. The van der Waals surface area contributed by atoms with Gasteiger partial charge in [-0.2, -0.15) is 0 Å². The van der Waals surface area contributed by atoms with Gasteiger partial charge < -0.3 is 16.2 Å². The number of amides is 1. The van der Waals surface area contributed by atoms with E-state index in [1.54, 1.807) is 12.1 Å². The van der Waals surface area contributed by atoms with E-state index >= 15 is 0 Å². The van der Waals surface area contributed by atoms with Crippen molar-refractivity contribution in [2.75, 3.05) is 11.1 Å². The van der Waals surface area contributed by atoms with E-state index in [2.05, 4.69) is 15.3 Å². The van der Waals surface area contributed by atoms with Gasteiger partial charge >= 0.3 is 5.97 Å². The lowest BCUT2D eigenvalue weighted by Crippen LogP contribution is -2.15. The molecule has 0 aromatic carbocycles. The van der Waals surface area contributed by atoms with Gasteiger partial charge in [-0.1, -0.05) is 0 Å². The average Bonchev–Trinajstić information content (AvgIpc) is 2.42. The van der Waals surface area contributed by atoms with Gasteiger partial charge in [0, 0.05) is 5.69 Å². The Morgan fingerprint density at radius 2 is 1.95 bits per heavy atom. The molecule has 0 saturated heterocycles. The summed E-state index contributed by atoms with van der Waals surface area (Å²) < 4.78 is 0. The molecule has 0 aliphatic carbocycles. The van der Waals surface area contributed by atoms with E-state index in [-0.39, 0.29) is 18.0 Å². The Kier molecular flexibility index (Phi) is 3.90. The standard InChI is InChI=1S/C13H12N4O3/c14-8-1-2-9(15-6-8)5-12(18)17-10-3-4-11(13(19)20)16-7-10/h1-4,6-7H,5,14H2,(H,17,18)(H,19,20). The number of aromatic nitrogens is 2. The maximum absolute atomic E-state index is 11.8. The van der Waals surface area contributed by atoms with Crippen molar-refractivity contribution in [1.29, 1.82) is 0 Å². The molecule has 0 aliphatic heterocycles. The largest absolute Gasteiger partial charge is 0.477 e. The van der Waals surface area contributed by atoms with Crippen LogP contribution in [0.3, 0.4) is 0 Å². The van der Waals surface area contributed by atoms with Crippen LogP contribution in [0.15, 0.2) is 36.7 Å². The highest BCUT2D eigenvalue weighted by Crippen LogP contribution is 2.08. The Hall–Kier alpha value is -2.96. The quantitative estimate of drug-likeness (QED) is 0.762. The van der Waals surface area contributed by atoms with Crippen molar-refractivity contribution in [1.82, 2.24) is 9.97 Å². The number of hydrogen-bond acceptors (Lipinski definition) is 5. The number of nitrogen functional groups attached to an aromatic ring is 1. The molecule has 0 spiro atoms. The minimum absolute atomic E-state index is 0.0804. The van der Waals surface area contributed by atoms with Gasteiger partial charge in [-0.05, 0) is 24.3 Å². The fourth-order valence-electron chi connectivity index (χ4n) is 1.50. The molecule has 0 unspecified atom stereocenters. The number of carbonyl (C=O) groups excluding carboxylic acids is 1. The first-order valence-electron chi connectivity index (χ1n) is 5.74. The second-order valence-corrected chi connectivity index (χ2v) is 4.05. The summed E-state index contributed by atoms with van der Waals surface area (Å²) in [6.45, 7) is 0. The van der Waals surface area contributed by atoms with E-state index in [1.807, 2.05) is 0 Å². The topological polar surface area (TPSA) is 118 Å². The molecule has 2 aromatic heterocycles. The van der Waals surface area contributed by atoms with Crippen LogP contribution in [0.4, 0.5) is 11.4 Å². The van der Waals surface area contributed by atoms with Gasteiger partial charge in [0.1, 0.15) is 5.69 Å². The molecule has 4 N–H and O–H groups in total. The summed E-state index contributed by atoms with van der Waals surface area (Å²) in [6, 6.07) is 6.13. The zero-order valence-corrected chi connectivity index (χ0v) is 10.4. The van der Waals surface area contributed by atoms with Crippen LogP contribution in [0.1, 0.15) is 16.2 Å². The molecule has 0 saturated carbocycles. The Bertz CT molecular complexity index is 623. The van der Waals surface area contributed by atoms with Gasteiger partial charge in [0.15, 0.2) is 0 Å². The van der Waals surface area contributed by atoms with E-state index in [4.69, 9.17) is 10.8 Å². The molecule has 0 fully saturated rings. The van der Waals surface area contributed by atoms with Crippen molar-refractivity contribution >= 4 is 23.3 Å². The Labute approximate surface area is 114 Å². The Balaban J connectivity index is 1.97. The van der Waals surface area contributed by atoms with E-state index < -0.39 is 5.97 Å². The van der Waals surface area contributed by atoms with E-state index in [0.29, 0.717) is 17.1 Å². The third kappa shape index (κ3) is 3.52. The smallest absolute Gasteiger partial charge is 0.354 e. The summed E-state index contributed by atoms with van der Waals surface area (Å²) >= 11 is 0. The fourth-order valence-corrected chi connectivity index (χ4v) is 1.50. The number of nitrogens with zero attached hydrogens (tertiary/aromatic N) is 2. The zero-order chi connectivity index (χ0) is 14.5. The SMILES string of the molecule is Nc1ccc(CC(=O)Nc2ccc(C(=O)O)nc2)nc1. The molecule has 102 valence electrons. The number of aromatic carboxylic acids is 1. The molecule has 0 bridgehead atoms. The lowest BCUT2D eigenvalue weighted by Gasteiger charge is -2.05. The van der Waals surface area contributed by atoms with Gasteiger partial charge in [-0.3, -0.25) is 9.78 Å². The van der Waals surface area contributed by atoms with Crippen molar-refractivity contribution < 1.29 is 14.7 Å². The summed E-state index contributed by atoms with van der Waals surface area (Å²) in [5.74, 6) is -1.39. The van der Waals surface area contributed by atoms with Crippen molar-refractivity contribution in [3.05, 3.63) is 48.0 Å². The van der Waals surface area contributed by atoms with Gasteiger partial charge in [-0.25, -0.2) is 9.78 Å². The van der Waals surface area contributed by atoms with Crippen LogP contribution in [0.5, 0.6) is 0 Å². The number of rotatable bonds is 4. The fraction of sp³-hybridized carbons (Fsp3) is 0.0769. The first-order chi connectivity index (χ1) is 9.54. The van der Waals surface area contributed by atoms with Crippen LogP contribution >= 0.6 is 0 Å². The minimum Gasteiger partial charge on any atom is -0.477 e. The normalized spacial score (nSPS) is 10.0. The molecular weight excluding hydrogens is 260 g/mol. The molecule has 2 heterocycles. The number of nitrogens with one attached hydrogen (secondary N) is 1. The highest BCUT2D eigenvalue weighted by Gasteiger charge is 2.07. The second-order valence-electron chi connectivity index (χ2n) is 4.05. The maximum atomic E-state index is 11.8. The molecule has 7 nitrogen and oxygen atoms in total. The molecular formula is C13H12N4O3. The van der Waals surface area contributed by atoms with Gasteiger partial charge in [0.05, 0.1) is 30.2 Å². The summed E-state index contributed by atoms with van der Waals surface area (Å²) in [7, 11) is 0. The molecule has 1 amide bonds. The van der Waals surface area contributed by atoms with Gasteiger partial charge in [-0.15, -0.1) is 0 Å². The van der Waals surface area contributed by atoms with Crippen LogP contribution < -0.4 is 11.1 Å². The molecule has 0 radical (unpaired) electrons. The highest BCUT2D eigenvalue weighted by molar-refractivity contribution is 5.92. The predicted molar refractivity (Wildman–Crippen MR) is 72.2 cm³/mol. The van der Waals surface area contributed by atoms with E-state index in [9.17, 15) is 9.59 Å². The first kappa shape index (κ1) is 13.5. The third-order valence-corrected chi connectivity index (χ3v) is 2.46. The summed E-state index contributed by atoms with van der Waals surface area (Å²) in [5, 5.41) is 11.3. The third-order valence-electron chi connectivity index (χ3n) is 2.46. The molecule has 20 heavy (non-hydrogen) atoms. The van der Waals surface area contributed by atoms with Gasteiger partial charge in [0.2, 0.25) is 5.91 Å². The van der Waals surface area contributed by atoms with Crippen LogP contribution in [0, 0.1) is 0 Å². The predicted octanol–water partition coefficient (Wildman–Crippen LogP) is 0.938. The second kappa shape index (κ2) is 5.79. The van der Waals surface area contributed by atoms with Crippen molar-refractivity contribution in [3.63, 3.8) is 0 Å². The lowest BCUT2D eigenvalue weighted by atomic mass is 10.2. The monoisotopic (exact) mass is 272 g/mol. The Morgan fingerprint density at radius 3 is 2.50 bits per heavy atom. The number of anilines is 2. The lowest BCUT2D eigenvalue weighted by molar-refractivity contribution is -0.115. The maximum Gasteiger partial charge on any atom is 0.354 e. The number of carboxylic acids is 1. The first-order valence-corrected chi connectivity index (χ1v) is 5.74. The number of carbonyl (C=O) groups is 2. The molecule has 0 aliphatic rings. The highest BCUT2D eigenvalue weighted by atomic mass is 16.4. The minimum atomic E-state index is -1.12.